The van der Waals surface area contributed by atoms with E-state index in [9.17, 15) is 18.4 Å². The fourth-order valence-electron chi connectivity index (χ4n) is 2.30. The summed E-state index contributed by atoms with van der Waals surface area (Å²) in [5, 5.41) is 5.07. The van der Waals surface area contributed by atoms with Gasteiger partial charge in [-0.3, -0.25) is 9.59 Å². The third-order valence-electron chi connectivity index (χ3n) is 4.11. The van der Waals surface area contributed by atoms with Crippen LogP contribution in [0.25, 0.3) is 0 Å². The number of nitrogens with two attached hydrogens (primary N) is 1. The zero-order valence-electron chi connectivity index (χ0n) is 13.8. The third kappa shape index (κ3) is 5.14. The lowest BCUT2D eigenvalue weighted by Gasteiger charge is -2.28. The van der Waals surface area contributed by atoms with E-state index in [0.29, 0.717) is 12.8 Å². The molecule has 2 amide bonds. The fourth-order valence-corrected chi connectivity index (χ4v) is 2.30. The highest BCUT2D eigenvalue weighted by Gasteiger charge is 2.32. The molecule has 0 aliphatic heterocycles. The van der Waals surface area contributed by atoms with Gasteiger partial charge in [-0.05, 0) is 25.0 Å². The van der Waals surface area contributed by atoms with Crippen molar-refractivity contribution in [2.75, 3.05) is 19.6 Å². The molecule has 136 valence electrons. The SMILES string of the molecule is CCC(CC)(CN)C(=O)NCCNC(=O)c1c(F)cccc1F.Cl. The topological polar surface area (TPSA) is 84.2 Å². The van der Waals surface area contributed by atoms with Gasteiger partial charge in [0.1, 0.15) is 17.2 Å². The van der Waals surface area contributed by atoms with E-state index in [2.05, 4.69) is 10.6 Å². The predicted molar refractivity (Wildman–Crippen MR) is 91.0 cm³/mol. The van der Waals surface area contributed by atoms with E-state index in [0.717, 1.165) is 12.1 Å². The largest absolute Gasteiger partial charge is 0.354 e. The average Bonchev–Trinajstić information content (AvgIpc) is 2.53. The first-order valence-electron chi connectivity index (χ1n) is 7.62. The van der Waals surface area contributed by atoms with Gasteiger partial charge in [0.05, 0.1) is 5.41 Å². The van der Waals surface area contributed by atoms with Gasteiger partial charge in [-0.2, -0.15) is 0 Å². The molecule has 0 bridgehead atoms. The van der Waals surface area contributed by atoms with Gasteiger partial charge in [-0.1, -0.05) is 19.9 Å². The lowest BCUT2D eigenvalue weighted by atomic mass is 9.81. The number of hydrogen-bond acceptors (Lipinski definition) is 3. The second-order valence-electron chi connectivity index (χ2n) is 5.30. The van der Waals surface area contributed by atoms with E-state index >= 15 is 0 Å². The summed E-state index contributed by atoms with van der Waals surface area (Å²) in [6, 6.07) is 3.21. The summed E-state index contributed by atoms with van der Waals surface area (Å²) in [5.41, 5.74) is 4.43. The van der Waals surface area contributed by atoms with E-state index in [1.165, 1.54) is 6.07 Å². The molecule has 5 nitrogen and oxygen atoms in total. The molecule has 1 aromatic rings. The predicted octanol–water partition coefficient (Wildman–Crippen LogP) is 2.00. The van der Waals surface area contributed by atoms with E-state index in [4.69, 9.17) is 5.73 Å². The number of rotatable bonds is 8. The number of nitrogens with one attached hydrogen (secondary N) is 2. The standard InChI is InChI=1S/C16H23F2N3O2.ClH/c1-3-16(4-2,10-19)15(23)21-9-8-20-14(22)13-11(17)6-5-7-12(13)18;/h5-7H,3-4,8-10,19H2,1-2H3,(H,20,22)(H,21,23);1H. The minimum atomic E-state index is -0.925. The molecule has 0 heterocycles. The lowest BCUT2D eigenvalue weighted by molar-refractivity contribution is -0.131. The van der Waals surface area contributed by atoms with Gasteiger partial charge in [0.15, 0.2) is 0 Å². The van der Waals surface area contributed by atoms with E-state index in [1.54, 1.807) is 0 Å². The van der Waals surface area contributed by atoms with Gasteiger partial charge >= 0.3 is 0 Å². The molecule has 8 heteroatoms. The van der Waals surface area contributed by atoms with Gasteiger partial charge in [0, 0.05) is 19.6 Å². The molecular formula is C16H24ClF2N3O2. The maximum Gasteiger partial charge on any atom is 0.257 e. The molecule has 0 atom stereocenters. The molecule has 0 saturated heterocycles. The highest BCUT2D eigenvalue weighted by atomic mass is 35.5. The van der Waals surface area contributed by atoms with Crippen molar-refractivity contribution in [3.05, 3.63) is 35.4 Å². The number of halogens is 3. The Morgan fingerprint density at radius 1 is 1.08 bits per heavy atom. The minimum absolute atomic E-state index is 0. The summed E-state index contributed by atoms with van der Waals surface area (Å²) in [5.74, 6) is -2.89. The van der Waals surface area contributed by atoms with Crippen molar-refractivity contribution in [3.8, 4) is 0 Å². The number of carbonyl (C=O) groups is 2. The van der Waals surface area contributed by atoms with Gasteiger partial charge in [0.2, 0.25) is 5.91 Å². The first-order chi connectivity index (χ1) is 10.9. The smallest absolute Gasteiger partial charge is 0.257 e. The quantitative estimate of drug-likeness (QED) is 0.618. The Kier molecular flexibility index (Phi) is 9.47. The Balaban J connectivity index is 0.00000529. The molecule has 0 radical (unpaired) electrons. The van der Waals surface area contributed by atoms with Gasteiger partial charge < -0.3 is 16.4 Å². The molecule has 0 aliphatic rings. The summed E-state index contributed by atoms with van der Waals surface area (Å²) in [6.07, 6.45) is 1.22. The molecule has 4 N–H and O–H groups in total. The van der Waals surface area contributed by atoms with Crippen molar-refractivity contribution in [2.24, 2.45) is 11.1 Å². The Morgan fingerprint density at radius 3 is 2.04 bits per heavy atom. The summed E-state index contributed by atoms with van der Waals surface area (Å²) in [4.78, 5) is 23.9. The van der Waals surface area contributed by atoms with Crippen LogP contribution in [0.1, 0.15) is 37.0 Å². The van der Waals surface area contributed by atoms with Crippen molar-refractivity contribution in [1.29, 1.82) is 0 Å². The minimum Gasteiger partial charge on any atom is -0.354 e. The van der Waals surface area contributed by atoms with Crippen molar-refractivity contribution in [1.82, 2.24) is 10.6 Å². The second-order valence-corrected chi connectivity index (χ2v) is 5.30. The summed E-state index contributed by atoms with van der Waals surface area (Å²) in [7, 11) is 0. The van der Waals surface area contributed by atoms with Gasteiger partial charge in [-0.25, -0.2) is 8.78 Å². The molecule has 0 aromatic heterocycles. The molecule has 0 fully saturated rings. The van der Waals surface area contributed by atoms with Crippen LogP contribution in [0.5, 0.6) is 0 Å². The molecular weight excluding hydrogens is 340 g/mol. The van der Waals surface area contributed by atoms with Crippen LogP contribution in [0.15, 0.2) is 18.2 Å². The average molecular weight is 364 g/mol. The van der Waals surface area contributed by atoms with Crippen LogP contribution in [-0.4, -0.2) is 31.4 Å². The van der Waals surface area contributed by atoms with Crippen LogP contribution in [0.2, 0.25) is 0 Å². The highest BCUT2D eigenvalue weighted by Crippen LogP contribution is 2.24. The van der Waals surface area contributed by atoms with Crippen molar-refractivity contribution < 1.29 is 18.4 Å². The molecule has 1 rings (SSSR count). The zero-order valence-corrected chi connectivity index (χ0v) is 14.6. The Morgan fingerprint density at radius 2 is 1.58 bits per heavy atom. The van der Waals surface area contributed by atoms with Crippen molar-refractivity contribution in [2.45, 2.75) is 26.7 Å². The maximum absolute atomic E-state index is 13.4. The first kappa shape index (κ1) is 22.3. The molecule has 0 spiro atoms. The summed E-state index contributed by atoms with van der Waals surface area (Å²) < 4.78 is 26.9. The first-order valence-corrected chi connectivity index (χ1v) is 7.62. The second kappa shape index (κ2) is 10.2. The highest BCUT2D eigenvalue weighted by molar-refractivity contribution is 5.94. The van der Waals surface area contributed by atoms with Crippen molar-refractivity contribution >= 4 is 24.2 Å². The molecule has 0 saturated carbocycles. The van der Waals surface area contributed by atoms with Crippen LogP contribution in [0.4, 0.5) is 8.78 Å². The monoisotopic (exact) mass is 363 g/mol. The van der Waals surface area contributed by atoms with E-state index in [-0.39, 0.29) is 37.9 Å². The van der Waals surface area contributed by atoms with E-state index in [1.807, 2.05) is 13.8 Å². The molecule has 0 aliphatic carbocycles. The number of amides is 2. The van der Waals surface area contributed by atoms with Crippen molar-refractivity contribution in [3.63, 3.8) is 0 Å². The number of carbonyl (C=O) groups excluding carboxylic acids is 2. The Labute approximate surface area is 146 Å². The van der Waals surface area contributed by atoms with Gasteiger partial charge in [-0.15, -0.1) is 12.4 Å². The van der Waals surface area contributed by atoms with Crippen LogP contribution in [-0.2, 0) is 4.79 Å². The zero-order chi connectivity index (χ0) is 17.5. The normalized spacial score (nSPS) is 10.7. The summed E-state index contributed by atoms with van der Waals surface area (Å²) >= 11 is 0. The summed E-state index contributed by atoms with van der Waals surface area (Å²) in [6.45, 7) is 4.23. The fraction of sp³-hybridized carbons (Fsp3) is 0.500. The molecule has 1 aromatic carbocycles. The third-order valence-corrected chi connectivity index (χ3v) is 4.11. The molecule has 24 heavy (non-hydrogen) atoms. The van der Waals surface area contributed by atoms with Crippen LogP contribution in [0.3, 0.4) is 0 Å². The van der Waals surface area contributed by atoms with Crippen LogP contribution >= 0.6 is 12.4 Å². The number of hydrogen-bond donors (Lipinski definition) is 3. The number of benzene rings is 1. The van der Waals surface area contributed by atoms with Crippen LogP contribution < -0.4 is 16.4 Å². The lowest BCUT2D eigenvalue weighted by Crippen LogP contribution is -2.47. The maximum atomic E-state index is 13.4. The van der Waals surface area contributed by atoms with Crippen LogP contribution in [0, 0.1) is 17.0 Å². The molecule has 0 unspecified atom stereocenters. The Bertz CT molecular complexity index is 538. The Hall–Kier alpha value is -1.73. The van der Waals surface area contributed by atoms with E-state index < -0.39 is 28.5 Å². The van der Waals surface area contributed by atoms with Gasteiger partial charge in [0.25, 0.3) is 5.91 Å².